The molecule has 116 valence electrons. The average molecular weight is 333 g/mol. The maximum Gasteiger partial charge on any atom is 0.393 e. The molecule has 0 radical (unpaired) electrons. The number of hydrogen-bond acceptors (Lipinski definition) is 3. The van der Waals surface area contributed by atoms with Crippen LogP contribution in [0.25, 0.3) is 0 Å². The predicted octanol–water partition coefficient (Wildman–Crippen LogP) is 1.71. The molecule has 1 aromatic carbocycles. The molecule has 0 aliphatic carbocycles. The molecule has 0 aromatic heterocycles. The second-order valence-corrected chi connectivity index (χ2v) is 5.70. The first-order valence-electron chi connectivity index (χ1n) is 5.54. The molecule has 1 rings (SSSR count). The molecule has 0 saturated heterocycles. The van der Waals surface area contributed by atoms with Crippen molar-refractivity contribution in [3.05, 3.63) is 29.8 Å². The van der Waals surface area contributed by atoms with Crippen molar-refractivity contribution in [2.75, 3.05) is 20.1 Å². The van der Waals surface area contributed by atoms with Crippen LogP contribution in [0, 0.1) is 0 Å². The highest BCUT2D eigenvalue weighted by Crippen LogP contribution is 2.22. The quantitative estimate of drug-likeness (QED) is 0.780. The zero-order chi connectivity index (χ0) is 14.5. The molecule has 0 unspecified atom stereocenters. The van der Waals surface area contributed by atoms with Crippen LogP contribution in [0.3, 0.4) is 0 Å². The molecule has 4 nitrogen and oxygen atoms in total. The van der Waals surface area contributed by atoms with Crippen LogP contribution < -0.4 is 10.0 Å². The standard InChI is InChI=1S/C11H15F3N2O2S.ClH/c1-15-6-7-16-19(17,18)10-4-2-9(3-5-10)8-11(12,13)14;/h2-5,15-16H,6-8H2,1H3;1H. The Bertz CT molecular complexity index is 503. The SMILES string of the molecule is CNCCNS(=O)(=O)c1ccc(CC(F)(F)F)cc1.Cl. The second-order valence-electron chi connectivity index (χ2n) is 3.94. The molecule has 0 atom stereocenters. The van der Waals surface area contributed by atoms with Gasteiger partial charge in [0.1, 0.15) is 0 Å². The summed E-state index contributed by atoms with van der Waals surface area (Å²) in [5.41, 5.74) is 0.0293. The highest BCUT2D eigenvalue weighted by Gasteiger charge is 2.27. The van der Waals surface area contributed by atoms with Gasteiger partial charge in [-0.15, -0.1) is 12.4 Å². The Kier molecular flexibility index (Phi) is 7.50. The van der Waals surface area contributed by atoms with Gasteiger partial charge in [-0.25, -0.2) is 13.1 Å². The normalized spacial score (nSPS) is 12.0. The van der Waals surface area contributed by atoms with Gasteiger partial charge in [-0.2, -0.15) is 13.2 Å². The van der Waals surface area contributed by atoms with Gasteiger partial charge in [-0.3, -0.25) is 0 Å². The Labute approximate surface area is 122 Å². The number of halogens is 4. The fraction of sp³-hybridized carbons (Fsp3) is 0.455. The summed E-state index contributed by atoms with van der Waals surface area (Å²) in [6, 6.07) is 4.67. The third-order valence-electron chi connectivity index (χ3n) is 2.31. The Morgan fingerprint density at radius 1 is 1.10 bits per heavy atom. The highest BCUT2D eigenvalue weighted by molar-refractivity contribution is 7.89. The van der Waals surface area contributed by atoms with E-state index in [1.807, 2.05) is 0 Å². The summed E-state index contributed by atoms with van der Waals surface area (Å²) in [6.07, 6.45) is -5.37. The number of alkyl halides is 3. The van der Waals surface area contributed by atoms with Crippen molar-refractivity contribution in [1.82, 2.24) is 10.0 Å². The van der Waals surface area contributed by atoms with Crippen molar-refractivity contribution in [3.63, 3.8) is 0 Å². The first-order valence-corrected chi connectivity index (χ1v) is 7.03. The lowest BCUT2D eigenvalue weighted by Gasteiger charge is -2.09. The fourth-order valence-electron chi connectivity index (χ4n) is 1.41. The molecule has 0 aliphatic heterocycles. The van der Waals surface area contributed by atoms with Crippen molar-refractivity contribution >= 4 is 22.4 Å². The van der Waals surface area contributed by atoms with E-state index in [9.17, 15) is 21.6 Å². The minimum absolute atomic E-state index is 0. The number of likely N-dealkylation sites (N-methyl/N-ethyl adjacent to an activating group) is 1. The summed E-state index contributed by atoms with van der Waals surface area (Å²) < 4.78 is 62.2. The third-order valence-corrected chi connectivity index (χ3v) is 3.78. The number of benzene rings is 1. The van der Waals surface area contributed by atoms with Gasteiger partial charge in [-0.05, 0) is 24.7 Å². The lowest BCUT2D eigenvalue weighted by molar-refractivity contribution is -0.127. The molecule has 0 aliphatic rings. The summed E-state index contributed by atoms with van der Waals surface area (Å²) in [5, 5.41) is 2.77. The Hall–Kier alpha value is -0.830. The second kappa shape index (κ2) is 7.82. The number of hydrogen-bond donors (Lipinski definition) is 2. The first-order chi connectivity index (χ1) is 8.74. The van der Waals surface area contributed by atoms with Gasteiger partial charge in [0.05, 0.1) is 11.3 Å². The summed E-state index contributed by atoms with van der Waals surface area (Å²) in [6.45, 7) is 0.675. The van der Waals surface area contributed by atoms with Crippen LogP contribution in [0.1, 0.15) is 5.56 Å². The van der Waals surface area contributed by atoms with Crippen LogP contribution in [-0.4, -0.2) is 34.7 Å². The van der Waals surface area contributed by atoms with E-state index in [1.54, 1.807) is 7.05 Å². The van der Waals surface area contributed by atoms with Gasteiger partial charge in [0.25, 0.3) is 0 Å². The van der Waals surface area contributed by atoms with Gasteiger partial charge >= 0.3 is 6.18 Å². The Morgan fingerprint density at radius 3 is 2.10 bits per heavy atom. The fourth-order valence-corrected chi connectivity index (χ4v) is 2.44. The molecule has 0 spiro atoms. The molecule has 1 aromatic rings. The zero-order valence-electron chi connectivity index (χ0n) is 10.7. The van der Waals surface area contributed by atoms with Gasteiger partial charge < -0.3 is 5.32 Å². The summed E-state index contributed by atoms with van der Waals surface area (Å²) >= 11 is 0. The predicted molar refractivity (Wildman–Crippen MR) is 72.6 cm³/mol. The lowest BCUT2D eigenvalue weighted by Crippen LogP contribution is -2.30. The largest absolute Gasteiger partial charge is 0.393 e. The van der Waals surface area contributed by atoms with Crippen molar-refractivity contribution in [2.45, 2.75) is 17.5 Å². The summed E-state index contributed by atoms with van der Waals surface area (Å²) in [7, 11) is -1.98. The van der Waals surface area contributed by atoms with E-state index in [1.165, 1.54) is 24.3 Å². The Balaban J connectivity index is 0.00000361. The van der Waals surface area contributed by atoms with E-state index >= 15 is 0 Å². The molecular weight excluding hydrogens is 317 g/mol. The minimum atomic E-state index is -4.30. The third kappa shape index (κ3) is 6.56. The first kappa shape index (κ1) is 19.2. The molecule has 2 N–H and O–H groups in total. The van der Waals surface area contributed by atoms with Crippen molar-refractivity contribution in [2.24, 2.45) is 0 Å². The maximum absolute atomic E-state index is 12.1. The molecule has 0 heterocycles. The van der Waals surface area contributed by atoms with Crippen LogP contribution >= 0.6 is 12.4 Å². The lowest BCUT2D eigenvalue weighted by atomic mass is 10.1. The zero-order valence-corrected chi connectivity index (χ0v) is 12.3. The van der Waals surface area contributed by atoms with E-state index in [-0.39, 0.29) is 29.4 Å². The molecule has 0 saturated carbocycles. The minimum Gasteiger partial charge on any atom is -0.318 e. The van der Waals surface area contributed by atoms with Crippen molar-refractivity contribution in [1.29, 1.82) is 0 Å². The number of sulfonamides is 1. The van der Waals surface area contributed by atoms with E-state index < -0.39 is 22.6 Å². The van der Waals surface area contributed by atoms with Gasteiger partial charge in [-0.1, -0.05) is 12.1 Å². The van der Waals surface area contributed by atoms with Crippen molar-refractivity contribution in [3.8, 4) is 0 Å². The van der Waals surface area contributed by atoms with E-state index in [0.29, 0.717) is 6.54 Å². The molecule has 20 heavy (non-hydrogen) atoms. The van der Waals surface area contributed by atoms with Crippen LogP contribution in [0.4, 0.5) is 13.2 Å². The molecule has 0 amide bonds. The molecule has 9 heteroatoms. The number of rotatable bonds is 6. The average Bonchev–Trinajstić information content (AvgIpc) is 2.27. The maximum atomic E-state index is 12.1. The Morgan fingerprint density at radius 2 is 1.65 bits per heavy atom. The van der Waals surface area contributed by atoms with E-state index in [0.717, 1.165) is 0 Å². The number of nitrogens with one attached hydrogen (secondary N) is 2. The van der Waals surface area contributed by atoms with Crippen LogP contribution in [0.5, 0.6) is 0 Å². The molecular formula is C11H16ClF3N2O2S. The van der Waals surface area contributed by atoms with Gasteiger partial charge in [0.2, 0.25) is 10.0 Å². The van der Waals surface area contributed by atoms with Crippen molar-refractivity contribution < 1.29 is 21.6 Å². The van der Waals surface area contributed by atoms with Crippen LogP contribution in [0.15, 0.2) is 29.2 Å². The summed E-state index contributed by atoms with van der Waals surface area (Å²) in [5.74, 6) is 0. The van der Waals surface area contributed by atoms with Crippen LogP contribution in [-0.2, 0) is 16.4 Å². The van der Waals surface area contributed by atoms with E-state index in [4.69, 9.17) is 0 Å². The van der Waals surface area contributed by atoms with Gasteiger partial charge in [0, 0.05) is 13.1 Å². The smallest absolute Gasteiger partial charge is 0.318 e. The van der Waals surface area contributed by atoms with E-state index in [2.05, 4.69) is 10.0 Å². The highest BCUT2D eigenvalue weighted by atomic mass is 35.5. The summed E-state index contributed by atoms with van der Waals surface area (Å²) in [4.78, 5) is -0.0467. The monoisotopic (exact) mass is 332 g/mol. The van der Waals surface area contributed by atoms with Gasteiger partial charge in [0.15, 0.2) is 0 Å². The van der Waals surface area contributed by atoms with Crippen LogP contribution in [0.2, 0.25) is 0 Å². The molecule has 0 fully saturated rings. The molecule has 0 bridgehead atoms. The topological polar surface area (TPSA) is 58.2 Å².